The third kappa shape index (κ3) is 7.46. The number of esters is 1. The summed E-state index contributed by atoms with van der Waals surface area (Å²) in [6.45, 7) is 7.88. The molecule has 2 aromatic rings. The highest BCUT2D eigenvalue weighted by atomic mass is 16.5. The van der Waals surface area contributed by atoms with Crippen molar-refractivity contribution in [1.82, 2.24) is 0 Å². The van der Waals surface area contributed by atoms with Gasteiger partial charge in [-0.1, -0.05) is 69.5 Å². The Bertz CT molecular complexity index is 923. The molecule has 34 heavy (non-hydrogen) atoms. The van der Waals surface area contributed by atoms with Gasteiger partial charge < -0.3 is 14.6 Å². The summed E-state index contributed by atoms with van der Waals surface area (Å²) in [5.41, 5.74) is 4.77. The molecule has 3 rings (SSSR count). The second kappa shape index (κ2) is 13.3. The lowest BCUT2D eigenvalue weighted by molar-refractivity contribution is -0.140. The van der Waals surface area contributed by atoms with Crippen LogP contribution in [0, 0.1) is 5.92 Å². The molecule has 184 valence electrons. The first-order valence-corrected chi connectivity index (χ1v) is 12.8. The van der Waals surface area contributed by atoms with Crippen molar-refractivity contribution >= 4 is 5.97 Å². The van der Waals surface area contributed by atoms with E-state index < -0.39 is 5.97 Å². The van der Waals surface area contributed by atoms with Crippen molar-refractivity contribution in [3.63, 3.8) is 0 Å². The van der Waals surface area contributed by atoms with E-state index in [1.165, 1.54) is 56.9 Å². The molecule has 1 aliphatic rings. The molecule has 0 amide bonds. The summed E-state index contributed by atoms with van der Waals surface area (Å²) in [6, 6.07) is 14.6. The Balaban J connectivity index is 1.69. The zero-order chi connectivity index (χ0) is 24.3. The summed E-state index contributed by atoms with van der Waals surface area (Å²) in [4.78, 5) is 12.0. The van der Waals surface area contributed by atoms with Crippen LogP contribution in [0.4, 0.5) is 0 Å². The lowest BCUT2D eigenvalue weighted by atomic mass is 9.77. The number of ether oxygens (including phenoxy) is 2. The van der Waals surface area contributed by atoms with E-state index in [0.29, 0.717) is 17.2 Å². The fraction of sp³-hybridized carbons (Fsp3) is 0.500. The number of benzene rings is 2. The van der Waals surface area contributed by atoms with Crippen molar-refractivity contribution in [2.75, 3.05) is 13.2 Å². The van der Waals surface area contributed by atoms with Gasteiger partial charge in [0.2, 0.25) is 0 Å². The first kappa shape index (κ1) is 26.0. The highest BCUT2D eigenvalue weighted by Crippen LogP contribution is 2.38. The van der Waals surface area contributed by atoms with Crippen molar-refractivity contribution in [2.45, 2.75) is 77.7 Å². The van der Waals surface area contributed by atoms with Gasteiger partial charge in [-0.2, -0.15) is 0 Å². The molecule has 0 saturated heterocycles. The molecule has 4 heteroatoms. The molecule has 0 aromatic heterocycles. The summed E-state index contributed by atoms with van der Waals surface area (Å²) in [5.74, 6) is 1.81. The molecular weight excluding hydrogens is 424 g/mol. The number of hydrogen-bond donors (Lipinski definition) is 1. The van der Waals surface area contributed by atoms with E-state index in [9.17, 15) is 4.79 Å². The van der Waals surface area contributed by atoms with Crippen molar-refractivity contribution in [2.24, 2.45) is 5.92 Å². The summed E-state index contributed by atoms with van der Waals surface area (Å²) >= 11 is 0. The number of unbranched alkanes of at least 4 members (excludes halogenated alkanes) is 2. The highest BCUT2D eigenvalue weighted by molar-refractivity contribution is 5.87. The van der Waals surface area contributed by atoms with Crippen LogP contribution in [0.15, 0.2) is 54.6 Å². The predicted molar refractivity (Wildman–Crippen MR) is 138 cm³/mol. The van der Waals surface area contributed by atoms with Gasteiger partial charge in [-0.25, -0.2) is 4.79 Å². The third-order valence-corrected chi connectivity index (χ3v) is 6.90. The van der Waals surface area contributed by atoms with E-state index in [-0.39, 0.29) is 19.8 Å². The van der Waals surface area contributed by atoms with Crippen LogP contribution in [0.1, 0.15) is 82.3 Å². The molecule has 0 spiro atoms. The average Bonchev–Trinajstić information content (AvgIpc) is 2.86. The Hall–Kier alpha value is -2.59. The maximum absolute atomic E-state index is 12.0. The Morgan fingerprint density at radius 3 is 2.44 bits per heavy atom. The van der Waals surface area contributed by atoms with Gasteiger partial charge in [0.15, 0.2) is 0 Å². The molecule has 2 aromatic carbocycles. The molecule has 1 fully saturated rings. The minimum absolute atomic E-state index is 0.0517. The summed E-state index contributed by atoms with van der Waals surface area (Å²) in [7, 11) is 0. The first-order chi connectivity index (χ1) is 16.5. The van der Waals surface area contributed by atoms with E-state index in [1.807, 2.05) is 18.2 Å². The highest BCUT2D eigenvalue weighted by Gasteiger charge is 2.22. The summed E-state index contributed by atoms with van der Waals surface area (Å²) in [6.07, 6.45) is 10.7. The van der Waals surface area contributed by atoms with Crippen LogP contribution in [-0.2, 0) is 16.1 Å². The molecule has 0 bridgehead atoms. The Morgan fingerprint density at radius 1 is 1.06 bits per heavy atom. The number of aliphatic hydroxyl groups excluding tert-OH is 1. The molecule has 1 saturated carbocycles. The lowest BCUT2D eigenvalue weighted by Gasteiger charge is -2.29. The van der Waals surface area contributed by atoms with Gasteiger partial charge in [-0.05, 0) is 73.3 Å². The van der Waals surface area contributed by atoms with Crippen LogP contribution in [0.2, 0.25) is 0 Å². The van der Waals surface area contributed by atoms with E-state index in [2.05, 4.69) is 37.8 Å². The lowest BCUT2D eigenvalue weighted by Crippen LogP contribution is -2.13. The maximum atomic E-state index is 12.0. The van der Waals surface area contributed by atoms with Crippen LogP contribution < -0.4 is 4.74 Å². The number of aliphatic hydroxyl groups is 1. The Labute approximate surface area is 205 Å². The van der Waals surface area contributed by atoms with E-state index >= 15 is 0 Å². The largest absolute Gasteiger partial charge is 0.491 e. The Morgan fingerprint density at radius 2 is 1.79 bits per heavy atom. The Kier molecular flexibility index (Phi) is 10.2. The second-order valence-electron chi connectivity index (χ2n) is 9.58. The molecule has 0 heterocycles. The number of carbonyl (C=O) groups is 1. The molecular formula is C30H40O4. The van der Waals surface area contributed by atoms with Crippen molar-refractivity contribution in [1.29, 1.82) is 0 Å². The number of carbonyl (C=O) groups excluding carboxylic acids is 1. The monoisotopic (exact) mass is 464 g/mol. The molecule has 4 nitrogen and oxygen atoms in total. The van der Waals surface area contributed by atoms with Gasteiger partial charge in [-0.15, -0.1) is 0 Å². The van der Waals surface area contributed by atoms with Crippen LogP contribution in [0.25, 0.3) is 11.1 Å². The molecule has 0 unspecified atom stereocenters. The van der Waals surface area contributed by atoms with Gasteiger partial charge >= 0.3 is 5.97 Å². The standard InChI is InChI=1S/C30H40O4/c1-4-5-6-7-23-8-10-24(11-9-23)25-12-14-26(15-13-25)29-17-16-28(33-19-18-31)20-27(29)21-34-30(32)22(2)3/h12-17,20,23-24,31H,2,4-11,18-19,21H2,1,3H3. The van der Waals surface area contributed by atoms with Gasteiger partial charge in [0.1, 0.15) is 19.0 Å². The fourth-order valence-corrected chi connectivity index (χ4v) is 4.89. The third-order valence-electron chi connectivity index (χ3n) is 6.90. The molecule has 0 aliphatic heterocycles. The van der Waals surface area contributed by atoms with Crippen molar-refractivity contribution in [3.05, 3.63) is 65.7 Å². The minimum atomic E-state index is -0.409. The van der Waals surface area contributed by atoms with E-state index in [0.717, 1.165) is 22.6 Å². The van der Waals surface area contributed by atoms with Gasteiger partial charge in [0.25, 0.3) is 0 Å². The molecule has 0 radical (unpaired) electrons. The van der Waals surface area contributed by atoms with Crippen molar-refractivity contribution in [3.8, 4) is 16.9 Å². The second-order valence-corrected chi connectivity index (χ2v) is 9.58. The van der Waals surface area contributed by atoms with Gasteiger partial charge in [0, 0.05) is 11.1 Å². The van der Waals surface area contributed by atoms with Crippen LogP contribution in [-0.4, -0.2) is 24.3 Å². The summed E-state index contributed by atoms with van der Waals surface area (Å²) < 4.78 is 11.0. The maximum Gasteiger partial charge on any atom is 0.333 e. The SMILES string of the molecule is C=C(C)C(=O)OCc1cc(OCCO)ccc1-c1ccc(C2CCC(CCCCC)CC2)cc1. The van der Waals surface area contributed by atoms with Gasteiger partial charge in [-0.3, -0.25) is 0 Å². The van der Waals surface area contributed by atoms with E-state index in [4.69, 9.17) is 14.6 Å². The van der Waals surface area contributed by atoms with Crippen LogP contribution >= 0.6 is 0 Å². The van der Waals surface area contributed by atoms with Crippen LogP contribution in [0.3, 0.4) is 0 Å². The zero-order valence-electron chi connectivity index (χ0n) is 20.9. The zero-order valence-corrected chi connectivity index (χ0v) is 20.9. The van der Waals surface area contributed by atoms with Gasteiger partial charge in [0.05, 0.1) is 6.61 Å². The molecule has 1 N–H and O–H groups in total. The molecule has 0 atom stereocenters. The molecule has 1 aliphatic carbocycles. The fourth-order valence-electron chi connectivity index (χ4n) is 4.89. The first-order valence-electron chi connectivity index (χ1n) is 12.8. The normalized spacial score (nSPS) is 17.9. The van der Waals surface area contributed by atoms with Crippen molar-refractivity contribution < 1.29 is 19.4 Å². The van der Waals surface area contributed by atoms with E-state index in [1.54, 1.807) is 6.92 Å². The summed E-state index contributed by atoms with van der Waals surface area (Å²) in [5, 5.41) is 9.06. The topological polar surface area (TPSA) is 55.8 Å². The quantitative estimate of drug-likeness (QED) is 0.205. The smallest absolute Gasteiger partial charge is 0.333 e. The minimum Gasteiger partial charge on any atom is -0.491 e. The van der Waals surface area contributed by atoms with Crippen LogP contribution in [0.5, 0.6) is 5.75 Å². The predicted octanol–water partition coefficient (Wildman–Crippen LogP) is 7.20. The number of hydrogen-bond acceptors (Lipinski definition) is 4. The average molecular weight is 465 g/mol. The number of rotatable bonds is 12.